The molecule has 0 aliphatic heterocycles. The normalized spacial score (nSPS) is 24.1. The summed E-state index contributed by atoms with van der Waals surface area (Å²) in [5, 5.41) is 54.4. The van der Waals surface area contributed by atoms with Crippen molar-refractivity contribution < 1.29 is 34.8 Å². The zero-order valence-corrected chi connectivity index (χ0v) is 25.6. The number of allylic oxidation sites excluding steroid dienone is 1. The third-order valence-electron chi connectivity index (χ3n) is 8.66. The molecular formula is C30H32N6O8S. The van der Waals surface area contributed by atoms with Crippen LogP contribution < -0.4 is 21.3 Å². The first-order valence-electron chi connectivity index (χ1n) is 13.9. The van der Waals surface area contributed by atoms with E-state index in [0.717, 1.165) is 0 Å². The van der Waals surface area contributed by atoms with E-state index >= 15 is 0 Å². The minimum Gasteiger partial charge on any atom is -0.510 e. The summed E-state index contributed by atoms with van der Waals surface area (Å²) in [6, 6.07) is 6.66. The van der Waals surface area contributed by atoms with Gasteiger partial charge in [0.1, 0.15) is 22.8 Å². The Morgan fingerprint density at radius 2 is 1.73 bits per heavy atom. The van der Waals surface area contributed by atoms with Gasteiger partial charge >= 0.3 is 0 Å². The molecule has 14 nitrogen and oxygen atoms in total. The number of benzene rings is 2. The van der Waals surface area contributed by atoms with Gasteiger partial charge in [-0.1, -0.05) is 0 Å². The molecule has 45 heavy (non-hydrogen) atoms. The van der Waals surface area contributed by atoms with Crippen molar-refractivity contribution in [1.82, 2.24) is 4.90 Å². The van der Waals surface area contributed by atoms with Crippen molar-refractivity contribution in [3.8, 4) is 5.75 Å². The smallest absolute Gasteiger partial charge is 0.255 e. The molecule has 1 amide bonds. The third-order valence-corrected chi connectivity index (χ3v) is 8.86. The highest BCUT2D eigenvalue weighted by Gasteiger charge is 2.63. The summed E-state index contributed by atoms with van der Waals surface area (Å²) >= 11 is 5.41. The van der Waals surface area contributed by atoms with E-state index in [-0.39, 0.29) is 40.5 Å². The number of anilines is 3. The number of hydrogen-bond donors (Lipinski definition) is 7. The average molecular weight is 637 g/mol. The van der Waals surface area contributed by atoms with E-state index in [4.69, 9.17) is 18.0 Å². The Hall–Kier alpha value is -4.86. The minimum atomic E-state index is -2.74. The SMILES string of the molecule is CN(C)c1cc(NC(=S)Nc2ccc(N=O)cc2)c(O)c2c1C[C@H]1C[C@H]3[C@H](N(C)C)C(O)=C(C(N)=O)C(=O)[C@@]3(O)C(O)=C1C2=O. The summed E-state index contributed by atoms with van der Waals surface area (Å²) in [7, 11) is 6.64. The molecule has 0 saturated carbocycles. The maximum absolute atomic E-state index is 14.2. The quantitative estimate of drug-likeness (QED) is 0.105. The second kappa shape index (κ2) is 11.3. The van der Waals surface area contributed by atoms with Gasteiger partial charge in [0.05, 0.1) is 17.3 Å². The summed E-state index contributed by atoms with van der Waals surface area (Å²) in [6.07, 6.45) is 0.113. The Labute approximate surface area is 262 Å². The molecule has 3 aliphatic carbocycles. The first-order chi connectivity index (χ1) is 21.1. The lowest BCUT2D eigenvalue weighted by Gasteiger charge is -2.50. The number of fused-ring (bicyclic) bond motifs is 3. The Bertz CT molecular complexity index is 1730. The van der Waals surface area contributed by atoms with Crippen molar-refractivity contribution in [2.45, 2.75) is 24.5 Å². The van der Waals surface area contributed by atoms with E-state index in [2.05, 4.69) is 15.8 Å². The van der Waals surface area contributed by atoms with Gasteiger partial charge in [0.25, 0.3) is 5.91 Å². The van der Waals surface area contributed by atoms with E-state index < -0.39 is 63.8 Å². The zero-order valence-electron chi connectivity index (χ0n) is 24.8. The molecule has 236 valence electrons. The number of aromatic hydroxyl groups is 1. The number of aliphatic hydroxyl groups excluding tert-OH is 2. The number of phenolic OH excluding ortho intramolecular Hbond substituents is 1. The van der Waals surface area contributed by atoms with Gasteiger partial charge in [0, 0.05) is 37.0 Å². The van der Waals surface area contributed by atoms with Crippen LogP contribution in [-0.2, 0) is 16.0 Å². The van der Waals surface area contributed by atoms with Crippen molar-refractivity contribution in [3.63, 3.8) is 0 Å². The van der Waals surface area contributed by atoms with Crippen molar-refractivity contribution in [2.24, 2.45) is 22.7 Å². The lowest BCUT2D eigenvalue weighted by molar-refractivity contribution is -0.148. The van der Waals surface area contributed by atoms with Crippen LogP contribution in [0.4, 0.5) is 22.7 Å². The Balaban J connectivity index is 1.60. The number of thiocarbonyl (C=S) groups is 1. The second-order valence-corrected chi connectivity index (χ2v) is 12.1. The molecule has 5 rings (SSSR count). The topological polar surface area (TPSA) is 218 Å². The highest BCUT2D eigenvalue weighted by atomic mass is 32.1. The van der Waals surface area contributed by atoms with Crippen LogP contribution in [0, 0.1) is 16.7 Å². The number of nitrogens with two attached hydrogens (primary N) is 1. The molecule has 2 aromatic carbocycles. The molecule has 0 saturated heterocycles. The van der Waals surface area contributed by atoms with Gasteiger partial charge in [-0.15, -0.1) is 4.91 Å². The largest absolute Gasteiger partial charge is 0.510 e. The van der Waals surface area contributed by atoms with Gasteiger partial charge in [-0.25, -0.2) is 0 Å². The van der Waals surface area contributed by atoms with Crippen molar-refractivity contribution in [2.75, 3.05) is 43.7 Å². The number of carbonyl (C=O) groups is 3. The third kappa shape index (κ3) is 4.88. The lowest BCUT2D eigenvalue weighted by Crippen LogP contribution is -2.63. The molecule has 0 unspecified atom stereocenters. The van der Waals surface area contributed by atoms with Gasteiger partial charge in [0.15, 0.2) is 22.2 Å². The number of rotatable bonds is 6. The van der Waals surface area contributed by atoms with Gasteiger partial charge in [-0.2, -0.15) is 0 Å². The van der Waals surface area contributed by atoms with E-state index in [1.54, 1.807) is 51.3 Å². The number of hydrogen-bond acceptors (Lipinski definition) is 12. The first kappa shape index (κ1) is 31.6. The number of primary amides is 1. The van der Waals surface area contributed by atoms with E-state index in [1.165, 1.54) is 17.0 Å². The summed E-state index contributed by atoms with van der Waals surface area (Å²) in [6.45, 7) is 0. The van der Waals surface area contributed by atoms with Crippen molar-refractivity contribution in [1.29, 1.82) is 0 Å². The summed E-state index contributed by atoms with van der Waals surface area (Å²) in [5.74, 6) is -7.30. The molecule has 4 atom stereocenters. The highest BCUT2D eigenvalue weighted by Crippen LogP contribution is 2.54. The van der Waals surface area contributed by atoms with Crippen LogP contribution in [0.15, 0.2) is 58.2 Å². The fourth-order valence-electron chi connectivity index (χ4n) is 6.68. The molecule has 0 aromatic heterocycles. The van der Waals surface area contributed by atoms with Crippen LogP contribution in [-0.4, -0.2) is 87.7 Å². The predicted molar refractivity (Wildman–Crippen MR) is 170 cm³/mol. The Kier molecular flexibility index (Phi) is 7.89. The molecule has 0 radical (unpaired) electrons. The fraction of sp³-hybridized carbons (Fsp3) is 0.333. The Morgan fingerprint density at radius 3 is 2.29 bits per heavy atom. The van der Waals surface area contributed by atoms with E-state index in [0.29, 0.717) is 16.9 Å². The van der Waals surface area contributed by atoms with Crippen LogP contribution in [0.25, 0.3) is 0 Å². The number of phenols is 1. The minimum absolute atomic E-state index is 0.0220. The number of amides is 1. The molecule has 0 fully saturated rings. The van der Waals surface area contributed by atoms with E-state index in [9.17, 15) is 39.7 Å². The number of carbonyl (C=O) groups excluding carboxylic acids is 3. The van der Waals surface area contributed by atoms with Crippen LogP contribution in [0.5, 0.6) is 5.75 Å². The number of ketones is 2. The summed E-state index contributed by atoms with van der Waals surface area (Å²) in [4.78, 5) is 53.8. The van der Waals surface area contributed by atoms with Gasteiger partial charge in [-0.05, 0) is 86.1 Å². The average Bonchev–Trinajstić information content (AvgIpc) is 2.96. The molecule has 3 aliphatic rings. The van der Waals surface area contributed by atoms with Crippen LogP contribution in [0.1, 0.15) is 22.3 Å². The number of nitrogens with one attached hydrogen (secondary N) is 2. The first-order valence-corrected chi connectivity index (χ1v) is 14.3. The van der Waals surface area contributed by atoms with E-state index in [1.807, 2.05) is 0 Å². The summed E-state index contributed by atoms with van der Waals surface area (Å²) < 4.78 is 0. The highest BCUT2D eigenvalue weighted by molar-refractivity contribution is 7.80. The number of Topliss-reactive ketones (excluding diaryl/α,β-unsaturated/α-hetero) is 2. The van der Waals surface area contributed by atoms with Crippen LogP contribution in [0.3, 0.4) is 0 Å². The van der Waals surface area contributed by atoms with Crippen molar-refractivity contribution >= 4 is 57.6 Å². The standard InChI is InChI=1S/C30H32N6O8S/c1-35(2)18-11-17(33-29(45)32-13-5-7-14(34-44)8-6-13)23(37)20-15(18)9-12-10-16-22(36(3)4)25(39)21(28(31)42)27(41)30(16,43)26(40)19(12)24(20)38/h5-8,11-12,16,22,37,39-40,43H,9-10H2,1-4H3,(H2,31,42)(H2,32,33,45)/t12-,16-,22-,30-/m0/s1. The lowest BCUT2D eigenvalue weighted by atomic mass is 9.58. The Morgan fingerprint density at radius 1 is 1.09 bits per heavy atom. The van der Waals surface area contributed by atoms with Gasteiger partial charge in [0.2, 0.25) is 5.78 Å². The number of nitroso groups, excluding NO2 is 1. The molecule has 8 N–H and O–H groups in total. The maximum atomic E-state index is 14.2. The molecule has 0 bridgehead atoms. The molecule has 2 aromatic rings. The zero-order chi connectivity index (χ0) is 33.1. The number of aliphatic hydroxyl groups is 3. The molecule has 0 spiro atoms. The fourth-order valence-corrected chi connectivity index (χ4v) is 6.91. The van der Waals surface area contributed by atoms with Gasteiger partial charge < -0.3 is 41.7 Å². The molecule has 15 heteroatoms. The van der Waals surface area contributed by atoms with Gasteiger partial charge in [-0.3, -0.25) is 19.3 Å². The molecule has 0 heterocycles. The van der Waals surface area contributed by atoms with Crippen LogP contribution in [0.2, 0.25) is 0 Å². The van der Waals surface area contributed by atoms with Crippen LogP contribution >= 0.6 is 12.2 Å². The second-order valence-electron chi connectivity index (χ2n) is 11.7. The molecular weight excluding hydrogens is 604 g/mol. The predicted octanol–water partition coefficient (Wildman–Crippen LogP) is 2.39. The van der Waals surface area contributed by atoms with Crippen molar-refractivity contribution in [3.05, 3.63) is 69.0 Å². The maximum Gasteiger partial charge on any atom is 0.255 e. The number of likely N-dealkylation sites (N-methyl/N-ethyl adjacent to an activating group) is 1. The monoisotopic (exact) mass is 636 g/mol. The number of nitrogens with zero attached hydrogens (tertiary/aromatic N) is 3. The summed E-state index contributed by atoms with van der Waals surface area (Å²) in [5.41, 5.74) is 3.20.